The van der Waals surface area contributed by atoms with Gasteiger partial charge in [-0.25, -0.2) is 0 Å². The van der Waals surface area contributed by atoms with Crippen LogP contribution >= 0.6 is 0 Å². The summed E-state index contributed by atoms with van der Waals surface area (Å²) in [5, 5.41) is 9.86. The zero-order valence-corrected chi connectivity index (χ0v) is 9.98. The molecule has 0 aromatic carbocycles. The third kappa shape index (κ3) is 4.93. The Morgan fingerprint density at radius 2 is 2.20 bits per heavy atom. The zero-order chi connectivity index (χ0) is 11.1. The summed E-state index contributed by atoms with van der Waals surface area (Å²) in [7, 11) is 1.71. The number of aliphatic hydroxyl groups is 1. The van der Waals surface area contributed by atoms with Gasteiger partial charge in [-0.1, -0.05) is 6.92 Å². The van der Waals surface area contributed by atoms with Crippen LogP contribution in [0.15, 0.2) is 0 Å². The zero-order valence-electron chi connectivity index (χ0n) is 9.98. The van der Waals surface area contributed by atoms with Gasteiger partial charge in [0.1, 0.15) is 0 Å². The van der Waals surface area contributed by atoms with Gasteiger partial charge >= 0.3 is 0 Å². The summed E-state index contributed by atoms with van der Waals surface area (Å²) >= 11 is 0. The molecule has 1 rings (SSSR count). The number of rotatable bonds is 8. The summed E-state index contributed by atoms with van der Waals surface area (Å²) in [5.41, 5.74) is 0. The van der Waals surface area contributed by atoms with Gasteiger partial charge in [0.2, 0.25) is 0 Å². The summed E-state index contributed by atoms with van der Waals surface area (Å²) in [6.45, 7) is 8.63. The maximum atomic E-state index is 9.86. The van der Waals surface area contributed by atoms with E-state index in [9.17, 15) is 5.11 Å². The van der Waals surface area contributed by atoms with Crippen LogP contribution in [0.5, 0.6) is 0 Å². The predicted octanol–water partition coefficient (Wildman–Crippen LogP) is 0.0213. The summed E-state index contributed by atoms with van der Waals surface area (Å²) in [5.74, 6) is 0. The number of nitrogens with zero attached hydrogens (tertiary/aromatic N) is 2. The smallest absolute Gasteiger partial charge is 0.0793 e. The molecule has 1 unspecified atom stereocenters. The van der Waals surface area contributed by atoms with Gasteiger partial charge in [0.05, 0.1) is 12.7 Å². The van der Waals surface area contributed by atoms with Crippen LogP contribution in [0.2, 0.25) is 0 Å². The summed E-state index contributed by atoms with van der Waals surface area (Å²) in [4.78, 5) is 4.53. The van der Waals surface area contributed by atoms with Crippen molar-refractivity contribution in [3.8, 4) is 0 Å². The van der Waals surface area contributed by atoms with Gasteiger partial charge in [0.15, 0.2) is 0 Å². The van der Waals surface area contributed by atoms with Crippen LogP contribution in [0.1, 0.15) is 13.3 Å². The third-order valence-corrected chi connectivity index (χ3v) is 2.95. The molecule has 1 heterocycles. The van der Waals surface area contributed by atoms with E-state index in [1.165, 1.54) is 6.42 Å². The van der Waals surface area contributed by atoms with E-state index in [1.54, 1.807) is 7.11 Å². The van der Waals surface area contributed by atoms with Gasteiger partial charge in [-0.3, -0.25) is 4.90 Å². The van der Waals surface area contributed by atoms with Crippen molar-refractivity contribution < 1.29 is 9.84 Å². The molecule has 1 aliphatic heterocycles. The first-order chi connectivity index (χ1) is 7.26. The number of hydrogen-bond donors (Lipinski definition) is 1. The van der Waals surface area contributed by atoms with E-state index < -0.39 is 0 Å². The fourth-order valence-corrected chi connectivity index (χ4v) is 1.82. The van der Waals surface area contributed by atoms with E-state index in [2.05, 4.69) is 16.7 Å². The Morgan fingerprint density at radius 3 is 2.67 bits per heavy atom. The Hall–Kier alpha value is -0.160. The Bertz CT molecular complexity index is 163. The number of likely N-dealkylation sites (N-methyl/N-ethyl adjacent to an activating group) is 1. The number of aliphatic hydroxyl groups excluding tert-OH is 1. The van der Waals surface area contributed by atoms with Crippen LogP contribution in [0, 0.1) is 0 Å². The number of hydrogen-bond acceptors (Lipinski definition) is 4. The molecule has 1 N–H and O–H groups in total. The minimum absolute atomic E-state index is 0.220. The predicted molar refractivity (Wildman–Crippen MR) is 61.1 cm³/mol. The van der Waals surface area contributed by atoms with Crippen LogP contribution in [0.25, 0.3) is 0 Å². The van der Waals surface area contributed by atoms with E-state index in [1.807, 2.05) is 0 Å². The largest absolute Gasteiger partial charge is 0.390 e. The fraction of sp³-hybridized carbons (Fsp3) is 1.00. The number of ether oxygens (including phenoxy) is 1. The van der Waals surface area contributed by atoms with Gasteiger partial charge in [-0.05, 0) is 26.1 Å². The number of likely N-dealkylation sites (tertiary alicyclic amines) is 1. The second kappa shape index (κ2) is 7.17. The molecule has 0 saturated carbocycles. The molecule has 1 saturated heterocycles. The molecule has 1 fully saturated rings. The SMILES string of the molecule is CCN(CCOC)CC(O)CN1CCC1. The molecular weight excluding hydrogens is 192 g/mol. The summed E-state index contributed by atoms with van der Waals surface area (Å²) in [6, 6.07) is 0. The van der Waals surface area contributed by atoms with E-state index >= 15 is 0 Å². The quantitative estimate of drug-likeness (QED) is 0.620. The average molecular weight is 216 g/mol. The number of β-amino-alcohol motifs (C(OH)–C–C–N with tert-alkyl or cyclic N) is 1. The Morgan fingerprint density at radius 1 is 1.47 bits per heavy atom. The maximum Gasteiger partial charge on any atom is 0.0793 e. The molecule has 4 heteroatoms. The second-order valence-electron chi connectivity index (χ2n) is 4.19. The van der Waals surface area contributed by atoms with Crippen LogP contribution in [0.4, 0.5) is 0 Å². The minimum atomic E-state index is -0.220. The van der Waals surface area contributed by atoms with Crippen molar-refractivity contribution in [3.05, 3.63) is 0 Å². The Labute approximate surface area is 92.8 Å². The van der Waals surface area contributed by atoms with Gasteiger partial charge in [0, 0.05) is 26.7 Å². The van der Waals surface area contributed by atoms with Crippen molar-refractivity contribution in [1.29, 1.82) is 0 Å². The highest BCUT2D eigenvalue weighted by Crippen LogP contribution is 2.06. The van der Waals surface area contributed by atoms with Crippen LogP contribution in [0.3, 0.4) is 0 Å². The first-order valence-electron chi connectivity index (χ1n) is 5.88. The highest BCUT2D eigenvalue weighted by atomic mass is 16.5. The van der Waals surface area contributed by atoms with Crippen molar-refractivity contribution in [2.24, 2.45) is 0 Å². The molecule has 0 radical (unpaired) electrons. The lowest BCUT2D eigenvalue weighted by Crippen LogP contribution is -2.46. The van der Waals surface area contributed by atoms with Crippen molar-refractivity contribution in [2.45, 2.75) is 19.4 Å². The van der Waals surface area contributed by atoms with Gasteiger partial charge in [0.25, 0.3) is 0 Å². The molecule has 90 valence electrons. The van der Waals surface area contributed by atoms with Crippen molar-refractivity contribution in [1.82, 2.24) is 9.80 Å². The van der Waals surface area contributed by atoms with Crippen molar-refractivity contribution in [2.75, 3.05) is 53.0 Å². The number of methoxy groups -OCH3 is 1. The van der Waals surface area contributed by atoms with Gasteiger partial charge in [-0.15, -0.1) is 0 Å². The lowest BCUT2D eigenvalue weighted by molar-refractivity contribution is 0.0457. The molecule has 1 aliphatic rings. The van der Waals surface area contributed by atoms with E-state index in [0.29, 0.717) is 0 Å². The molecule has 4 nitrogen and oxygen atoms in total. The molecule has 1 atom stereocenters. The summed E-state index contributed by atoms with van der Waals surface area (Å²) < 4.78 is 5.04. The normalized spacial score (nSPS) is 19.2. The second-order valence-corrected chi connectivity index (χ2v) is 4.19. The average Bonchev–Trinajstić information content (AvgIpc) is 2.18. The third-order valence-electron chi connectivity index (χ3n) is 2.95. The first-order valence-corrected chi connectivity index (χ1v) is 5.88. The fourth-order valence-electron chi connectivity index (χ4n) is 1.82. The minimum Gasteiger partial charge on any atom is -0.390 e. The molecule has 15 heavy (non-hydrogen) atoms. The molecule has 0 aromatic heterocycles. The lowest BCUT2D eigenvalue weighted by atomic mass is 10.2. The van der Waals surface area contributed by atoms with Crippen LogP contribution in [-0.2, 0) is 4.74 Å². The van der Waals surface area contributed by atoms with Gasteiger partial charge < -0.3 is 14.7 Å². The molecule has 0 aliphatic carbocycles. The maximum absolute atomic E-state index is 9.86. The topological polar surface area (TPSA) is 35.9 Å². The monoisotopic (exact) mass is 216 g/mol. The highest BCUT2D eigenvalue weighted by molar-refractivity contribution is 4.74. The van der Waals surface area contributed by atoms with Gasteiger partial charge in [-0.2, -0.15) is 0 Å². The first kappa shape index (κ1) is 12.9. The molecule has 0 aromatic rings. The molecular formula is C11H24N2O2. The molecule has 0 amide bonds. The molecule has 0 spiro atoms. The standard InChI is InChI=1S/C11H24N2O2/c1-3-12(7-8-15-2)9-11(14)10-13-5-4-6-13/h11,14H,3-10H2,1-2H3. The lowest BCUT2D eigenvalue weighted by Gasteiger charge is -2.33. The Balaban J connectivity index is 2.11. The Kier molecular flexibility index (Phi) is 6.17. The molecule has 0 bridgehead atoms. The van der Waals surface area contributed by atoms with E-state index in [4.69, 9.17) is 4.74 Å². The highest BCUT2D eigenvalue weighted by Gasteiger charge is 2.18. The van der Waals surface area contributed by atoms with E-state index in [0.717, 1.165) is 45.9 Å². The summed E-state index contributed by atoms with van der Waals surface area (Å²) in [6.07, 6.45) is 1.07. The van der Waals surface area contributed by atoms with Crippen molar-refractivity contribution in [3.63, 3.8) is 0 Å². The van der Waals surface area contributed by atoms with Crippen LogP contribution in [-0.4, -0.2) is 74.0 Å². The van der Waals surface area contributed by atoms with Crippen LogP contribution < -0.4 is 0 Å². The van der Waals surface area contributed by atoms with Crippen molar-refractivity contribution >= 4 is 0 Å². The van der Waals surface area contributed by atoms with E-state index in [-0.39, 0.29) is 6.10 Å².